The van der Waals surface area contributed by atoms with Gasteiger partial charge in [0, 0.05) is 12.3 Å². The molecule has 4 unspecified atom stereocenters. The molecule has 0 amide bonds. The van der Waals surface area contributed by atoms with E-state index in [-0.39, 0.29) is 5.97 Å². The quantitative estimate of drug-likeness (QED) is 0.307. The molecule has 2 fully saturated rings. The Morgan fingerprint density at radius 1 is 1.26 bits per heavy atom. The SMILES string of the molecule is COC(=O)CCCC=CCC1C2CCC(C2)C1C=O. The summed E-state index contributed by atoms with van der Waals surface area (Å²) in [5, 5.41) is 0. The summed E-state index contributed by atoms with van der Waals surface area (Å²) in [6, 6.07) is 0. The predicted molar refractivity (Wildman–Crippen MR) is 73.5 cm³/mol. The van der Waals surface area contributed by atoms with Gasteiger partial charge in [-0.2, -0.15) is 0 Å². The molecule has 0 radical (unpaired) electrons. The molecule has 0 spiro atoms. The summed E-state index contributed by atoms with van der Waals surface area (Å²) in [5.41, 5.74) is 0. The minimum absolute atomic E-state index is 0.137. The highest BCUT2D eigenvalue weighted by atomic mass is 16.5. The van der Waals surface area contributed by atoms with Crippen LogP contribution in [0.4, 0.5) is 0 Å². The first kappa shape index (κ1) is 14.3. The number of hydrogen-bond acceptors (Lipinski definition) is 3. The number of carbonyl (C=O) groups excluding carboxylic acids is 2. The maximum absolute atomic E-state index is 11.2. The second kappa shape index (κ2) is 6.88. The maximum Gasteiger partial charge on any atom is 0.305 e. The van der Waals surface area contributed by atoms with Gasteiger partial charge >= 0.3 is 5.97 Å². The summed E-state index contributed by atoms with van der Waals surface area (Å²) < 4.78 is 4.60. The normalized spacial score (nSPS) is 32.9. The molecular formula is C16H24O3. The maximum atomic E-state index is 11.2. The molecule has 0 aromatic heterocycles. The lowest BCUT2D eigenvalue weighted by atomic mass is 9.78. The zero-order valence-electron chi connectivity index (χ0n) is 11.7. The summed E-state index contributed by atoms with van der Waals surface area (Å²) >= 11 is 0. The van der Waals surface area contributed by atoms with E-state index in [1.54, 1.807) is 0 Å². The van der Waals surface area contributed by atoms with Gasteiger partial charge in [0.2, 0.25) is 0 Å². The average molecular weight is 264 g/mol. The molecule has 19 heavy (non-hydrogen) atoms. The van der Waals surface area contributed by atoms with Gasteiger partial charge in [-0.3, -0.25) is 4.79 Å². The van der Waals surface area contributed by atoms with Crippen LogP contribution in [0.15, 0.2) is 12.2 Å². The highest BCUT2D eigenvalue weighted by molar-refractivity contribution is 5.69. The minimum atomic E-state index is -0.137. The van der Waals surface area contributed by atoms with Crippen LogP contribution in [0.3, 0.4) is 0 Å². The molecule has 2 aliphatic rings. The second-order valence-corrected chi connectivity index (χ2v) is 5.89. The van der Waals surface area contributed by atoms with Crippen LogP contribution in [-0.2, 0) is 14.3 Å². The zero-order valence-corrected chi connectivity index (χ0v) is 11.7. The van der Waals surface area contributed by atoms with Crippen molar-refractivity contribution >= 4 is 12.3 Å². The van der Waals surface area contributed by atoms with Crippen LogP contribution in [0, 0.1) is 23.7 Å². The van der Waals surface area contributed by atoms with Crippen LogP contribution >= 0.6 is 0 Å². The van der Waals surface area contributed by atoms with Crippen LogP contribution in [-0.4, -0.2) is 19.4 Å². The molecule has 0 saturated heterocycles. The Labute approximate surface area is 115 Å². The third-order valence-corrected chi connectivity index (χ3v) is 4.87. The number of esters is 1. The van der Waals surface area contributed by atoms with E-state index in [9.17, 15) is 9.59 Å². The molecular weight excluding hydrogens is 240 g/mol. The van der Waals surface area contributed by atoms with E-state index in [1.807, 2.05) is 0 Å². The van der Waals surface area contributed by atoms with Crippen LogP contribution in [0.2, 0.25) is 0 Å². The third kappa shape index (κ3) is 3.46. The predicted octanol–water partition coefficient (Wildman–Crippen LogP) is 3.14. The van der Waals surface area contributed by atoms with E-state index in [0.29, 0.717) is 24.2 Å². The van der Waals surface area contributed by atoms with Crippen LogP contribution < -0.4 is 0 Å². The van der Waals surface area contributed by atoms with Gasteiger partial charge in [0.05, 0.1) is 7.11 Å². The van der Waals surface area contributed by atoms with Crippen molar-refractivity contribution in [2.45, 2.75) is 44.9 Å². The van der Waals surface area contributed by atoms with E-state index in [1.165, 1.54) is 32.7 Å². The fraction of sp³-hybridized carbons (Fsp3) is 0.750. The molecule has 0 aromatic rings. The van der Waals surface area contributed by atoms with Crippen molar-refractivity contribution in [3.63, 3.8) is 0 Å². The molecule has 0 heterocycles. The van der Waals surface area contributed by atoms with Crippen molar-refractivity contribution in [3.05, 3.63) is 12.2 Å². The standard InChI is InChI=1S/C16H24O3/c1-19-16(18)7-5-3-2-4-6-14-12-8-9-13(10-12)15(14)11-17/h2,4,11-15H,3,5-10H2,1H3. The Morgan fingerprint density at radius 2 is 2.05 bits per heavy atom. The van der Waals surface area contributed by atoms with E-state index in [2.05, 4.69) is 16.9 Å². The number of rotatable bonds is 7. The number of ether oxygens (including phenoxy) is 1. The van der Waals surface area contributed by atoms with Crippen LogP contribution in [0.1, 0.15) is 44.9 Å². The number of fused-ring (bicyclic) bond motifs is 2. The zero-order chi connectivity index (χ0) is 13.7. The molecule has 0 N–H and O–H groups in total. The molecule has 2 bridgehead atoms. The van der Waals surface area contributed by atoms with E-state index >= 15 is 0 Å². The lowest BCUT2D eigenvalue weighted by molar-refractivity contribution is -0.140. The lowest BCUT2D eigenvalue weighted by Crippen LogP contribution is -2.22. The minimum Gasteiger partial charge on any atom is -0.469 e. The van der Waals surface area contributed by atoms with Gasteiger partial charge in [-0.1, -0.05) is 12.2 Å². The van der Waals surface area contributed by atoms with Gasteiger partial charge in [0.1, 0.15) is 6.29 Å². The van der Waals surface area contributed by atoms with Gasteiger partial charge < -0.3 is 9.53 Å². The first-order valence-corrected chi connectivity index (χ1v) is 7.43. The number of hydrogen-bond donors (Lipinski definition) is 0. The monoisotopic (exact) mass is 264 g/mol. The summed E-state index contributed by atoms with van der Waals surface area (Å²) in [5.74, 6) is 2.19. The number of aldehydes is 1. The van der Waals surface area contributed by atoms with Gasteiger partial charge in [0.15, 0.2) is 0 Å². The molecule has 0 aliphatic heterocycles. The Balaban J connectivity index is 1.67. The summed E-state index contributed by atoms with van der Waals surface area (Å²) in [6.45, 7) is 0. The highest BCUT2D eigenvalue weighted by Gasteiger charge is 2.46. The van der Waals surface area contributed by atoms with Crippen molar-refractivity contribution in [1.29, 1.82) is 0 Å². The van der Waals surface area contributed by atoms with Gasteiger partial charge in [0.25, 0.3) is 0 Å². The topological polar surface area (TPSA) is 43.4 Å². The first-order chi connectivity index (χ1) is 9.26. The smallest absolute Gasteiger partial charge is 0.305 e. The van der Waals surface area contributed by atoms with Gasteiger partial charge in [-0.25, -0.2) is 0 Å². The van der Waals surface area contributed by atoms with Gasteiger partial charge in [-0.05, 0) is 56.3 Å². The summed E-state index contributed by atoms with van der Waals surface area (Å²) in [4.78, 5) is 22.1. The number of allylic oxidation sites excluding steroid dienone is 2. The molecule has 4 atom stereocenters. The molecule has 3 nitrogen and oxygen atoms in total. The van der Waals surface area contributed by atoms with Crippen molar-refractivity contribution < 1.29 is 14.3 Å². The largest absolute Gasteiger partial charge is 0.469 e. The third-order valence-electron chi connectivity index (χ3n) is 4.87. The van der Waals surface area contributed by atoms with E-state index in [0.717, 1.165) is 25.2 Å². The van der Waals surface area contributed by atoms with E-state index in [4.69, 9.17) is 0 Å². The first-order valence-electron chi connectivity index (χ1n) is 7.43. The lowest BCUT2D eigenvalue weighted by Gasteiger charge is -2.26. The number of unbranched alkanes of at least 4 members (excludes halogenated alkanes) is 1. The number of methoxy groups -OCH3 is 1. The molecule has 0 aromatic carbocycles. The summed E-state index contributed by atoms with van der Waals surface area (Å²) in [7, 11) is 1.42. The Kier molecular flexibility index (Phi) is 5.17. The van der Waals surface area contributed by atoms with Crippen molar-refractivity contribution in [2.75, 3.05) is 7.11 Å². The van der Waals surface area contributed by atoms with Crippen molar-refractivity contribution in [3.8, 4) is 0 Å². The number of carbonyl (C=O) groups is 2. The second-order valence-electron chi connectivity index (χ2n) is 5.89. The van der Waals surface area contributed by atoms with Gasteiger partial charge in [-0.15, -0.1) is 0 Å². The molecule has 2 rings (SSSR count). The molecule has 2 saturated carbocycles. The Morgan fingerprint density at radius 3 is 2.79 bits per heavy atom. The highest BCUT2D eigenvalue weighted by Crippen LogP contribution is 2.52. The van der Waals surface area contributed by atoms with Crippen molar-refractivity contribution in [1.82, 2.24) is 0 Å². The van der Waals surface area contributed by atoms with Crippen LogP contribution in [0.5, 0.6) is 0 Å². The molecule has 106 valence electrons. The Bertz CT molecular complexity index is 348. The van der Waals surface area contributed by atoms with E-state index < -0.39 is 0 Å². The Hall–Kier alpha value is -1.12. The molecule has 3 heteroatoms. The van der Waals surface area contributed by atoms with Crippen LogP contribution in [0.25, 0.3) is 0 Å². The molecule has 2 aliphatic carbocycles. The average Bonchev–Trinajstić information content (AvgIpc) is 3.02. The summed E-state index contributed by atoms with van der Waals surface area (Å²) in [6.07, 6.45) is 12.7. The van der Waals surface area contributed by atoms with Crippen molar-refractivity contribution in [2.24, 2.45) is 23.7 Å². The fourth-order valence-corrected chi connectivity index (χ4v) is 3.85. The fourth-order valence-electron chi connectivity index (χ4n) is 3.85.